The molecule has 1 aliphatic heterocycles. The maximum atomic E-state index is 11.3. The van der Waals surface area contributed by atoms with Crippen LogP contribution in [0.4, 0.5) is 5.69 Å². The van der Waals surface area contributed by atoms with E-state index in [4.69, 9.17) is 0 Å². The highest BCUT2D eigenvalue weighted by Crippen LogP contribution is 2.34. The molecule has 0 bridgehead atoms. The van der Waals surface area contributed by atoms with Crippen LogP contribution in [0.1, 0.15) is 10.4 Å². The highest BCUT2D eigenvalue weighted by Gasteiger charge is 2.21. The monoisotopic (exact) mass is 207 g/mol. The molecule has 0 radical (unpaired) electrons. The maximum absolute atomic E-state index is 11.3. The molecule has 0 aliphatic carbocycles. The first kappa shape index (κ1) is 9.27. The quantitative estimate of drug-likeness (QED) is 0.656. The smallest absolute Gasteiger partial charge is 0.237 e. The van der Waals surface area contributed by atoms with Crippen molar-refractivity contribution >= 4 is 29.6 Å². The van der Waals surface area contributed by atoms with Gasteiger partial charge < -0.3 is 4.90 Å². The molecule has 0 unspecified atom stereocenters. The summed E-state index contributed by atoms with van der Waals surface area (Å²) in [6.07, 6.45) is 0.817. The van der Waals surface area contributed by atoms with Crippen molar-refractivity contribution in [2.24, 2.45) is 0 Å². The van der Waals surface area contributed by atoms with Gasteiger partial charge in [-0.3, -0.25) is 9.59 Å². The molecular formula is C10H9NO2S. The van der Waals surface area contributed by atoms with E-state index in [2.05, 4.69) is 0 Å². The highest BCUT2D eigenvalue weighted by molar-refractivity contribution is 8.00. The van der Waals surface area contributed by atoms with Crippen molar-refractivity contribution in [2.45, 2.75) is 4.90 Å². The minimum atomic E-state index is 0.0985. The maximum Gasteiger partial charge on any atom is 0.237 e. The van der Waals surface area contributed by atoms with Crippen molar-refractivity contribution in [1.29, 1.82) is 0 Å². The third-order valence-electron chi connectivity index (χ3n) is 2.21. The number of fused-ring (bicyclic) bond motifs is 1. The number of carbonyl (C=O) groups excluding carboxylic acids is 2. The molecule has 0 spiro atoms. The summed E-state index contributed by atoms with van der Waals surface area (Å²) in [7, 11) is 1.75. The number of nitrogens with zero attached hydrogens (tertiary/aromatic N) is 1. The van der Waals surface area contributed by atoms with Gasteiger partial charge in [0.05, 0.1) is 11.4 Å². The number of thioether (sulfide) groups is 1. The van der Waals surface area contributed by atoms with Gasteiger partial charge in [0.2, 0.25) is 5.91 Å². The summed E-state index contributed by atoms with van der Waals surface area (Å²) in [4.78, 5) is 24.5. The van der Waals surface area contributed by atoms with Crippen LogP contribution in [-0.4, -0.2) is 25.0 Å². The SMILES string of the molecule is CN1C(=O)CSc2cc(C=O)ccc21. The fraction of sp³-hybridized carbons (Fsp3) is 0.200. The van der Waals surface area contributed by atoms with Crippen LogP contribution in [-0.2, 0) is 4.79 Å². The number of hydrogen-bond acceptors (Lipinski definition) is 3. The molecule has 0 saturated carbocycles. The van der Waals surface area contributed by atoms with E-state index >= 15 is 0 Å². The molecule has 0 fully saturated rings. The van der Waals surface area contributed by atoms with Gasteiger partial charge in [-0.1, -0.05) is 0 Å². The Morgan fingerprint density at radius 2 is 2.29 bits per heavy atom. The summed E-state index contributed by atoms with van der Waals surface area (Å²) in [6, 6.07) is 5.35. The van der Waals surface area contributed by atoms with Crippen molar-refractivity contribution in [3.05, 3.63) is 23.8 Å². The number of hydrogen-bond donors (Lipinski definition) is 0. The minimum Gasteiger partial charge on any atom is -0.314 e. The van der Waals surface area contributed by atoms with Gasteiger partial charge in [-0.15, -0.1) is 11.8 Å². The van der Waals surface area contributed by atoms with Crippen LogP contribution in [0.3, 0.4) is 0 Å². The van der Waals surface area contributed by atoms with Crippen molar-refractivity contribution < 1.29 is 9.59 Å². The molecule has 0 saturated heterocycles. The van der Waals surface area contributed by atoms with Gasteiger partial charge in [0.1, 0.15) is 6.29 Å². The van der Waals surface area contributed by atoms with E-state index in [1.54, 1.807) is 18.0 Å². The van der Waals surface area contributed by atoms with E-state index in [0.717, 1.165) is 16.9 Å². The second-order valence-corrected chi connectivity index (χ2v) is 4.10. The van der Waals surface area contributed by atoms with E-state index in [1.807, 2.05) is 12.1 Å². The summed E-state index contributed by atoms with van der Waals surface area (Å²) < 4.78 is 0. The molecule has 2 rings (SSSR count). The van der Waals surface area contributed by atoms with Crippen LogP contribution < -0.4 is 4.90 Å². The molecule has 1 aliphatic rings. The normalized spacial score (nSPS) is 15.2. The summed E-state index contributed by atoms with van der Waals surface area (Å²) >= 11 is 1.48. The van der Waals surface area contributed by atoms with E-state index in [-0.39, 0.29) is 5.91 Å². The van der Waals surface area contributed by atoms with Crippen LogP contribution in [0, 0.1) is 0 Å². The van der Waals surface area contributed by atoms with Gasteiger partial charge in [-0.2, -0.15) is 0 Å². The van der Waals surface area contributed by atoms with Gasteiger partial charge in [-0.25, -0.2) is 0 Å². The first-order valence-electron chi connectivity index (χ1n) is 4.21. The molecule has 14 heavy (non-hydrogen) atoms. The van der Waals surface area contributed by atoms with Crippen LogP contribution in [0.25, 0.3) is 0 Å². The zero-order chi connectivity index (χ0) is 10.1. The zero-order valence-corrected chi connectivity index (χ0v) is 8.50. The van der Waals surface area contributed by atoms with E-state index in [9.17, 15) is 9.59 Å². The minimum absolute atomic E-state index is 0.0985. The van der Waals surface area contributed by atoms with E-state index < -0.39 is 0 Å². The second-order valence-electron chi connectivity index (χ2n) is 3.09. The molecular weight excluding hydrogens is 198 g/mol. The van der Waals surface area contributed by atoms with Crippen molar-refractivity contribution in [3.8, 4) is 0 Å². The third kappa shape index (κ3) is 1.42. The van der Waals surface area contributed by atoms with Crippen LogP contribution >= 0.6 is 11.8 Å². The number of rotatable bonds is 1. The fourth-order valence-electron chi connectivity index (χ4n) is 1.37. The average Bonchev–Trinajstić information content (AvgIpc) is 2.23. The predicted octanol–water partition coefficient (Wildman–Crippen LogP) is 1.57. The van der Waals surface area contributed by atoms with Gasteiger partial charge in [0, 0.05) is 17.5 Å². The Hall–Kier alpha value is -1.29. The third-order valence-corrected chi connectivity index (χ3v) is 3.24. The van der Waals surface area contributed by atoms with Gasteiger partial charge in [0.25, 0.3) is 0 Å². The molecule has 1 aromatic rings. The molecule has 0 N–H and O–H groups in total. The Labute approximate surface area is 86.1 Å². The van der Waals surface area contributed by atoms with Gasteiger partial charge in [-0.05, 0) is 18.2 Å². The van der Waals surface area contributed by atoms with Crippen molar-refractivity contribution in [1.82, 2.24) is 0 Å². The predicted molar refractivity (Wildman–Crippen MR) is 56.0 cm³/mol. The van der Waals surface area contributed by atoms with E-state index in [1.165, 1.54) is 11.8 Å². The Balaban J connectivity index is 2.48. The molecule has 72 valence electrons. The number of amides is 1. The highest BCUT2D eigenvalue weighted by atomic mass is 32.2. The number of carbonyl (C=O) groups is 2. The standard InChI is InChI=1S/C10H9NO2S/c1-11-8-3-2-7(5-12)4-9(8)14-6-10(11)13/h2-5H,6H2,1H3. The topological polar surface area (TPSA) is 37.4 Å². The second kappa shape index (κ2) is 3.46. The average molecular weight is 207 g/mol. The Kier molecular flexibility index (Phi) is 2.29. The zero-order valence-electron chi connectivity index (χ0n) is 7.69. The Morgan fingerprint density at radius 3 is 3.00 bits per heavy atom. The van der Waals surface area contributed by atoms with Crippen LogP contribution in [0.15, 0.2) is 23.1 Å². The van der Waals surface area contributed by atoms with E-state index in [0.29, 0.717) is 11.3 Å². The molecule has 0 aromatic heterocycles. The first-order valence-corrected chi connectivity index (χ1v) is 5.19. The first-order chi connectivity index (χ1) is 6.72. The summed E-state index contributed by atoms with van der Waals surface area (Å²) in [5.74, 6) is 0.549. The Morgan fingerprint density at radius 1 is 1.50 bits per heavy atom. The largest absolute Gasteiger partial charge is 0.314 e. The fourth-order valence-corrected chi connectivity index (χ4v) is 2.41. The molecule has 1 aromatic carbocycles. The number of anilines is 1. The lowest BCUT2D eigenvalue weighted by Crippen LogP contribution is -2.31. The molecule has 0 atom stereocenters. The lowest BCUT2D eigenvalue weighted by atomic mass is 10.2. The number of benzene rings is 1. The molecule has 4 heteroatoms. The summed E-state index contributed by atoms with van der Waals surface area (Å²) in [5.41, 5.74) is 1.54. The lowest BCUT2D eigenvalue weighted by molar-refractivity contribution is -0.116. The molecule has 1 heterocycles. The summed E-state index contributed by atoms with van der Waals surface area (Å²) in [5, 5.41) is 0. The molecule has 3 nitrogen and oxygen atoms in total. The van der Waals surface area contributed by atoms with Crippen LogP contribution in [0.2, 0.25) is 0 Å². The molecule has 1 amide bonds. The van der Waals surface area contributed by atoms with Crippen LogP contribution in [0.5, 0.6) is 0 Å². The lowest BCUT2D eigenvalue weighted by Gasteiger charge is -2.25. The van der Waals surface area contributed by atoms with Crippen molar-refractivity contribution in [3.63, 3.8) is 0 Å². The summed E-state index contributed by atoms with van der Waals surface area (Å²) in [6.45, 7) is 0. The Bertz CT molecular complexity index is 403. The van der Waals surface area contributed by atoms with Crippen molar-refractivity contribution in [2.75, 3.05) is 17.7 Å². The van der Waals surface area contributed by atoms with Gasteiger partial charge in [0.15, 0.2) is 0 Å². The number of aldehydes is 1. The van der Waals surface area contributed by atoms with Gasteiger partial charge >= 0.3 is 0 Å².